The number of benzene rings is 5. The van der Waals surface area contributed by atoms with Gasteiger partial charge in [0, 0.05) is 14.9 Å². The van der Waals surface area contributed by atoms with Crippen LogP contribution in [-0.2, 0) is 0 Å². The predicted octanol–water partition coefficient (Wildman–Crippen LogP) is 7.49. The Morgan fingerprint density at radius 2 is 0.923 bits per heavy atom. The van der Waals surface area contributed by atoms with E-state index in [2.05, 4.69) is 119 Å². The van der Waals surface area contributed by atoms with E-state index in [1.165, 1.54) is 35.9 Å². The molecule has 0 saturated carbocycles. The van der Waals surface area contributed by atoms with Crippen molar-refractivity contribution in [2.75, 3.05) is 5.32 Å². The van der Waals surface area contributed by atoms with Gasteiger partial charge in [-0.2, -0.15) is 0 Å². The zero-order chi connectivity index (χ0) is 17.5. The minimum absolute atomic E-state index is 1.11. The normalized spacial score (nSPS) is 11.3. The molecule has 0 atom stereocenters. The van der Waals surface area contributed by atoms with E-state index >= 15 is 0 Å². The number of hydrogen-bond acceptors (Lipinski definition) is 1. The van der Waals surface area contributed by atoms with E-state index in [1.54, 1.807) is 0 Å². The zero-order valence-corrected chi connectivity index (χ0v) is 16.2. The van der Waals surface area contributed by atoms with Crippen LogP contribution in [0.4, 0.5) is 11.4 Å². The van der Waals surface area contributed by atoms with Gasteiger partial charge < -0.3 is 5.32 Å². The fourth-order valence-electron chi connectivity index (χ4n) is 3.69. The first-order valence-corrected chi connectivity index (χ1v) is 9.73. The van der Waals surface area contributed by atoms with E-state index in [9.17, 15) is 0 Å². The third-order valence-electron chi connectivity index (χ3n) is 4.88. The van der Waals surface area contributed by atoms with Crippen molar-refractivity contribution in [2.24, 2.45) is 0 Å². The van der Waals surface area contributed by atoms with E-state index in [-0.39, 0.29) is 0 Å². The van der Waals surface area contributed by atoms with E-state index in [0.717, 1.165) is 11.4 Å². The Kier molecular flexibility index (Phi) is 3.79. The van der Waals surface area contributed by atoms with E-state index in [1.807, 2.05) is 0 Å². The highest BCUT2D eigenvalue weighted by Crippen LogP contribution is 2.36. The van der Waals surface area contributed by atoms with Crippen molar-refractivity contribution in [3.63, 3.8) is 0 Å². The molecule has 1 N–H and O–H groups in total. The summed E-state index contributed by atoms with van der Waals surface area (Å²) in [7, 11) is 0. The summed E-state index contributed by atoms with van der Waals surface area (Å²) in [6, 6.07) is 32.5. The molecular formula is C24H16IN. The lowest BCUT2D eigenvalue weighted by Gasteiger charge is -2.13. The van der Waals surface area contributed by atoms with Crippen molar-refractivity contribution in [2.45, 2.75) is 0 Å². The smallest absolute Gasteiger partial charge is 0.0390 e. The molecule has 0 bridgehead atoms. The van der Waals surface area contributed by atoms with Gasteiger partial charge in [0.05, 0.1) is 0 Å². The Balaban J connectivity index is 1.76. The fraction of sp³-hybridized carbons (Fsp3) is 0. The first-order chi connectivity index (χ1) is 12.8. The van der Waals surface area contributed by atoms with Crippen molar-refractivity contribution in [3.05, 3.63) is 94.6 Å². The molecule has 2 heteroatoms. The van der Waals surface area contributed by atoms with Gasteiger partial charge in [0.2, 0.25) is 0 Å². The molecule has 5 rings (SSSR count). The van der Waals surface area contributed by atoms with Crippen LogP contribution in [0.15, 0.2) is 91.0 Å². The topological polar surface area (TPSA) is 12.0 Å². The SMILES string of the molecule is Ic1ccc(Nc2ccc3c4ccccc4c4ccccc4c3c2)cc1. The highest BCUT2D eigenvalue weighted by atomic mass is 127. The van der Waals surface area contributed by atoms with Crippen LogP contribution in [-0.4, -0.2) is 0 Å². The van der Waals surface area contributed by atoms with Crippen LogP contribution in [0.5, 0.6) is 0 Å². The molecule has 0 heterocycles. The molecule has 124 valence electrons. The molecule has 5 aromatic carbocycles. The lowest BCUT2D eigenvalue weighted by atomic mass is 9.94. The minimum atomic E-state index is 1.11. The first kappa shape index (κ1) is 15.6. The Bertz CT molecular complexity index is 1220. The highest BCUT2D eigenvalue weighted by Gasteiger charge is 2.08. The van der Waals surface area contributed by atoms with Crippen molar-refractivity contribution in [1.82, 2.24) is 0 Å². The van der Waals surface area contributed by atoms with Gasteiger partial charge in [-0.1, -0.05) is 54.6 Å². The quantitative estimate of drug-likeness (QED) is 0.219. The third kappa shape index (κ3) is 2.61. The molecule has 0 aliphatic carbocycles. The molecule has 0 unspecified atom stereocenters. The lowest BCUT2D eigenvalue weighted by molar-refractivity contribution is 1.55. The molecule has 0 spiro atoms. The van der Waals surface area contributed by atoms with Gasteiger partial charge in [0.25, 0.3) is 0 Å². The van der Waals surface area contributed by atoms with Gasteiger partial charge in [-0.25, -0.2) is 0 Å². The van der Waals surface area contributed by atoms with Crippen LogP contribution < -0.4 is 5.32 Å². The molecule has 0 aromatic heterocycles. The van der Waals surface area contributed by atoms with Crippen LogP contribution in [0.25, 0.3) is 32.3 Å². The van der Waals surface area contributed by atoms with E-state index in [0.29, 0.717) is 0 Å². The third-order valence-corrected chi connectivity index (χ3v) is 5.60. The first-order valence-electron chi connectivity index (χ1n) is 8.65. The van der Waals surface area contributed by atoms with Gasteiger partial charge in [0.15, 0.2) is 0 Å². The number of fused-ring (bicyclic) bond motifs is 6. The lowest BCUT2D eigenvalue weighted by Crippen LogP contribution is -1.91. The zero-order valence-electron chi connectivity index (χ0n) is 14.0. The summed E-state index contributed by atoms with van der Waals surface area (Å²) in [5.74, 6) is 0. The van der Waals surface area contributed by atoms with Crippen molar-refractivity contribution in [3.8, 4) is 0 Å². The largest absolute Gasteiger partial charge is 0.356 e. The number of anilines is 2. The number of halogens is 1. The van der Waals surface area contributed by atoms with Crippen LogP contribution in [0.3, 0.4) is 0 Å². The van der Waals surface area contributed by atoms with E-state index in [4.69, 9.17) is 0 Å². The second kappa shape index (κ2) is 6.29. The maximum atomic E-state index is 3.53. The Hall–Kier alpha value is -2.59. The molecule has 0 fully saturated rings. The van der Waals surface area contributed by atoms with Gasteiger partial charge in [-0.3, -0.25) is 0 Å². The molecule has 0 amide bonds. The van der Waals surface area contributed by atoms with Gasteiger partial charge >= 0.3 is 0 Å². The van der Waals surface area contributed by atoms with Crippen LogP contribution >= 0.6 is 22.6 Å². The predicted molar refractivity (Wildman–Crippen MR) is 121 cm³/mol. The Morgan fingerprint density at radius 1 is 0.462 bits per heavy atom. The summed E-state index contributed by atoms with van der Waals surface area (Å²) >= 11 is 2.33. The van der Waals surface area contributed by atoms with Crippen LogP contribution in [0.1, 0.15) is 0 Å². The second-order valence-electron chi connectivity index (χ2n) is 6.48. The Labute approximate surface area is 165 Å². The molecule has 0 aliphatic rings. The Morgan fingerprint density at radius 3 is 1.50 bits per heavy atom. The molecule has 26 heavy (non-hydrogen) atoms. The average molecular weight is 445 g/mol. The molecular weight excluding hydrogens is 429 g/mol. The summed E-state index contributed by atoms with van der Waals surface area (Å²) in [6.07, 6.45) is 0. The molecule has 0 aliphatic heterocycles. The summed E-state index contributed by atoms with van der Waals surface area (Å²) in [5, 5.41) is 11.3. The maximum Gasteiger partial charge on any atom is 0.0390 e. The van der Waals surface area contributed by atoms with Crippen molar-refractivity contribution in [1.29, 1.82) is 0 Å². The summed E-state index contributed by atoms with van der Waals surface area (Å²) < 4.78 is 1.24. The van der Waals surface area contributed by atoms with E-state index < -0.39 is 0 Å². The van der Waals surface area contributed by atoms with Gasteiger partial charge in [-0.05, 0) is 91.3 Å². The average Bonchev–Trinajstić information content (AvgIpc) is 2.70. The maximum absolute atomic E-state index is 3.53. The molecule has 1 nitrogen and oxygen atoms in total. The summed E-state index contributed by atoms with van der Waals surface area (Å²) in [6.45, 7) is 0. The van der Waals surface area contributed by atoms with Gasteiger partial charge in [0.1, 0.15) is 0 Å². The number of rotatable bonds is 2. The molecule has 0 saturated heterocycles. The summed E-state index contributed by atoms with van der Waals surface area (Å²) in [5.41, 5.74) is 2.22. The number of hydrogen-bond donors (Lipinski definition) is 1. The second-order valence-corrected chi connectivity index (χ2v) is 7.73. The van der Waals surface area contributed by atoms with Crippen LogP contribution in [0, 0.1) is 3.57 Å². The minimum Gasteiger partial charge on any atom is -0.356 e. The van der Waals surface area contributed by atoms with Gasteiger partial charge in [-0.15, -0.1) is 0 Å². The molecule has 5 aromatic rings. The van der Waals surface area contributed by atoms with Crippen molar-refractivity contribution >= 4 is 66.3 Å². The standard InChI is InChI=1S/C24H16IN/c25-16-9-11-17(12-10-16)26-18-13-14-23-21-7-2-1-5-19(21)20-6-3-4-8-22(20)24(23)15-18/h1-15,26H. The highest BCUT2D eigenvalue weighted by molar-refractivity contribution is 14.1. The van der Waals surface area contributed by atoms with Crippen molar-refractivity contribution < 1.29 is 0 Å². The van der Waals surface area contributed by atoms with Crippen LogP contribution in [0.2, 0.25) is 0 Å². The number of nitrogens with one attached hydrogen (secondary N) is 1. The monoisotopic (exact) mass is 445 g/mol. The molecule has 0 radical (unpaired) electrons. The fourth-order valence-corrected chi connectivity index (χ4v) is 4.04. The summed E-state index contributed by atoms with van der Waals surface area (Å²) in [4.78, 5) is 0.